The smallest absolute Gasteiger partial charge is 0.256 e. The van der Waals surface area contributed by atoms with E-state index in [2.05, 4.69) is 26.3 Å². The van der Waals surface area contributed by atoms with E-state index >= 15 is 0 Å². The number of aryl methyl sites for hydroxylation is 2. The molecule has 0 aromatic carbocycles. The van der Waals surface area contributed by atoms with Gasteiger partial charge in [0.15, 0.2) is 5.82 Å². The molecule has 136 valence electrons. The molecule has 1 amide bonds. The fourth-order valence-corrected chi connectivity index (χ4v) is 4.09. The van der Waals surface area contributed by atoms with E-state index in [1.54, 1.807) is 0 Å². The number of likely N-dealkylation sites (tertiary alicyclic amines) is 1. The van der Waals surface area contributed by atoms with Gasteiger partial charge in [-0.25, -0.2) is 0 Å². The number of carbonyl (C=O) groups excluding carboxylic acids is 1. The Hall–Kier alpha value is -1.80. The second-order valence-corrected chi connectivity index (χ2v) is 7.11. The molecule has 8 heteroatoms. The van der Waals surface area contributed by atoms with Gasteiger partial charge in [0.2, 0.25) is 5.89 Å². The summed E-state index contributed by atoms with van der Waals surface area (Å²) in [6, 6.07) is 0.434. The van der Waals surface area contributed by atoms with E-state index in [1.165, 1.54) is 11.5 Å². The summed E-state index contributed by atoms with van der Waals surface area (Å²) in [4.78, 5) is 21.4. The van der Waals surface area contributed by atoms with E-state index in [0.29, 0.717) is 18.5 Å². The van der Waals surface area contributed by atoms with Crippen molar-refractivity contribution < 1.29 is 9.32 Å². The summed E-state index contributed by atoms with van der Waals surface area (Å²) >= 11 is 1.35. The molecule has 0 radical (unpaired) electrons. The van der Waals surface area contributed by atoms with Crippen molar-refractivity contribution >= 4 is 17.4 Å². The highest BCUT2D eigenvalue weighted by Gasteiger charge is 2.26. The lowest BCUT2D eigenvalue weighted by Crippen LogP contribution is -2.37. The van der Waals surface area contributed by atoms with E-state index < -0.39 is 0 Å². The van der Waals surface area contributed by atoms with Gasteiger partial charge in [-0.15, -0.1) is 0 Å². The molecule has 1 saturated heterocycles. The van der Waals surface area contributed by atoms with Gasteiger partial charge < -0.3 is 9.42 Å². The van der Waals surface area contributed by atoms with E-state index in [-0.39, 0.29) is 5.91 Å². The van der Waals surface area contributed by atoms with Crippen molar-refractivity contribution in [3.63, 3.8) is 0 Å². The number of rotatable bonds is 5. The lowest BCUT2D eigenvalue weighted by Gasteiger charge is -2.28. The highest BCUT2D eigenvalue weighted by Crippen LogP contribution is 2.21. The van der Waals surface area contributed by atoms with Crippen LogP contribution in [0.3, 0.4) is 0 Å². The molecular weight excluding hydrogens is 338 g/mol. The first-order valence-electron chi connectivity index (χ1n) is 8.82. The van der Waals surface area contributed by atoms with Crippen LogP contribution < -0.4 is 0 Å². The Balaban J connectivity index is 1.62. The highest BCUT2D eigenvalue weighted by atomic mass is 32.1. The number of aromatic nitrogens is 3. The van der Waals surface area contributed by atoms with Gasteiger partial charge >= 0.3 is 0 Å². The van der Waals surface area contributed by atoms with Crippen LogP contribution in [-0.2, 0) is 6.54 Å². The summed E-state index contributed by atoms with van der Waals surface area (Å²) in [7, 11) is 0. The maximum atomic E-state index is 12.7. The van der Waals surface area contributed by atoms with Crippen LogP contribution in [0.2, 0.25) is 0 Å². The fourth-order valence-electron chi connectivity index (χ4n) is 3.40. The van der Waals surface area contributed by atoms with Crippen LogP contribution >= 0.6 is 11.5 Å². The summed E-state index contributed by atoms with van der Waals surface area (Å²) in [5.74, 6) is 1.45. The van der Waals surface area contributed by atoms with Gasteiger partial charge in [-0.3, -0.25) is 9.69 Å². The molecule has 0 N–H and O–H groups in total. The molecule has 1 atom stereocenters. The third kappa shape index (κ3) is 4.24. The molecule has 0 spiro atoms. The van der Waals surface area contributed by atoms with E-state index in [0.717, 1.165) is 56.0 Å². The molecule has 25 heavy (non-hydrogen) atoms. The molecule has 1 aliphatic heterocycles. The lowest BCUT2D eigenvalue weighted by atomic mass is 10.1. The molecule has 2 aromatic rings. The summed E-state index contributed by atoms with van der Waals surface area (Å²) in [6.07, 6.45) is 3.05. The third-order valence-corrected chi connectivity index (χ3v) is 5.52. The monoisotopic (exact) mass is 363 g/mol. The zero-order valence-corrected chi connectivity index (χ0v) is 15.9. The largest absolute Gasteiger partial charge is 0.340 e. The minimum absolute atomic E-state index is 0.115. The minimum Gasteiger partial charge on any atom is -0.340 e. The highest BCUT2D eigenvalue weighted by molar-refractivity contribution is 7.03. The molecule has 1 fully saturated rings. The summed E-state index contributed by atoms with van der Waals surface area (Å²) < 4.78 is 9.30. The molecule has 2 aromatic heterocycles. The number of hydrogen-bond donors (Lipinski definition) is 0. The van der Waals surface area contributed by atoms with Crippen molar-refractivity contribution in [3.8, 4) is 0 Å². The van der Waals surface area contributed by atoms with Crippen molar-refractivity contribution in [2.24, 2.45) is 0 Å². The van der Waals surface area contributed by atoms with E-state index in [1.807, 2.05) is 24.1 Å². The predicted molar refractivity (Wildman–Crippen MR) is 95.5 cm³/mol. The van der Waals surface area contributed by atoms with Crippen LogP contribution in [-0.4, -0.2) is 55.9 Å². The summed E-state index contributed by atoms with van der Waals surface area (Å²) in [5.41, 5.74) is 1.58. The molecule has 1 aliphatic rings. The van der Waals surface area contributed by atoms with Crippen LogP contribution in [0.25, 0.3) is 0 Å². The number of hydrogen-bond acceptors (Lipinski definition) is 7. The zero-order valence-electron chi connectivity index (χ0n) is 15.1. The molecule has 1 unspecified atom stereocenters. The molecule has 0 saturated carbocycles. The quantitative estimate of drug-likeness (QED) is 0.813. The van der Waals surface area contributed by atoms with Crippen molar-refractivity contribution in [2.45, 2.75) is 52.6 Å². The van der Waals surface area contributed by atoms with Crippen molar-refractivity contribution in [1.82, 2.24) is 24.3 Å². The van der Waals surface area contributed by atoms with Gasteiger partial charge in [-0.2, -0.15) is 9.36 Å². The van der Waals surface area contributed by atoms with Crippen molar-refractivity contribution in [2.75, 3.05) is 19.6 Å². The summed E-state index contributed by atoms with van der Waals surface area (Å²) in [5, 5.41) is 5.87. The Labute approximate surface area is 152 Å². The SMILES string of the molecule is CCN(Cc1noc(C)n1)C1CCCN(C(=O)c2csnc2C)CC1. The Bertz CT molecular complexity index is 713. The second-order valence-electron chi connectivity index (χ2n) is 6.48. The lowest BCUT2D eigenvalue weighted by molar-refractivity contribution is 0.0755. The molecular formula is C17H25N5O2S. The topological polar surface area (TPSA) is 75.4 Å². The minimum atomic E-state index is 0.115. The first-order chi connectivity index (χ1) is 12.1. The molecule has 7 nitrogen and oxygen atoms in total. The van der Waals surface area contributed by atoms with Crippen molar-refractivity contribution in [3.05, 3.63) is 28.4 Å². The summed E-state index contributed by atoms with van der Waals surface area (Å²) in [6.45, 7) is 9.07. The predicted octanol–water partition coefficient (Wildman–Crippen LogP) is 2.66. The van der Waals surface area contributed by atoms with Crippen LogP contribution in [0.1, 0.15) is 54.0 Å². The Kier molecular flexibility index (Phi) is 5.80. The number of amides is 1. The van der Waals surface area contributed by atoms with Crippen LogP contribution in [0.15, 0.2) is 9.90 Å². The number of carbonyl (C=O) groups is 1. The van der Waals surface area contributed by atoms with Gasteiger partial charge in [-0.05, 0) is 44.3 Å². The fraction of sp³-hybridized carbons (Fsp3) is 0.647. The zero-order chi connectivity index (χ0) is 17.8. The van der Waals surface area contributed by atoms with Gasteiger partial charge in [0.25, 0.3) is 5.91 Å². The van der Waals surface area contributed by atoms with Gasteiger partial charge in [0.1, 0.15) is 0 Å². The van der Waals surface area contributed by atoms with Crippen LogP contribution in [0.5, 0.6) is 0 Å². The van der Waals surface area contributed by atoms with Crippen LogP contribution in [0.4, 0.5) is 0 Å². The molecule has 3 rings (SSSR count). The van der Waals surface area contributed by atoms with E-state index in [9.17, 15) is 4.79 Å². The van der Waals surface area contributed by atoms with Gasteiger partial charge in [0.05, 0.1) is 17.8 Å². The number of nitrogens with zero attached hydrogens (tertiary/aromatic N) is 5. The maximum Gasteiger partial charge on any atom is 0.256 e. The molecule has 0 bridgehead atoms. The normalized spacial score (nSPS) is 18.6. The second kappa shape index (κ2) is 8.05. The van der Waals surface area contributed by atoms with Crippen molar-refractivity contribution in [1.29, 1.82) is 0 Å². The Morgan fingerprint density at radius 2 is 2.24 bits per heavy atom. The average Bonchev–Trinajstić information content (AvgIpc) is 3.12. The van der Waals surface area contributed by atoms with Gasteiger partial charge in [0, 0.05) is 31.4 Å². The molecule has 0 aliphatic carbocycles. The first-order valence-corrected chi connectivity index (χ1v) is 9.65. The standard InChI is InChI=1S/C17H25N5O2S/c1-4-21(10-16-18-13(3)24-19-16)14-6-5-8-22(9-7-14)17(23)15-11-25-20-12(15)2/h11,14H,4-10H2,1-3H3. The van der Waals surface area contributed by atoms with E-state index in [4.69, 9.17) is 4.52 Å². The maximum absolute atomic E-state index is 12.7. The van der Waals surface area contributed by atoms with Gasteiger partial charge in [-0.1, -0.05) is 12.1 Å². The Morgan fingerprint density at radius 3 is 2.88 bits per heavy atom. The average molecular weight is 363 g/mol. The molecule has 3 heterocycles. The third-order valence-electron chi connectivity index (χ3n) is 4.80. The Morgan fingerprint density at radius 1 is 1.40 bits per heavy atom. The first kappa shape index (κ1) is 18.0. The van der Waals surface area contributed by atoms with Crippen LogP contribution in [0, 0.1) is 13.8 Å².